The first-order valence-corrected chi connectivity index (χ1v) is 10.3. The molecule has 0 unspecified atom stereocenters. The second kappa shape index (κ2) is 8.03. The minimum absolute atomic E-state index is 0.101. The zero-order valence-corrected chi connectivity index (χ0v) is 17.3. The molecule has 0 spiro atoms. The minimum Gasteiger partial charge on any atom is -0.484 e. The predicted octanol–water partition coefficient (Wildman–Crippen LogP) is 4.36. The van der Waals surface area contributed by atoms with Gasteiger partial charge in [0.1, 0.15) is 12.4 Å². The zero-order valence-electron chi connectivity index (χ0n) is 14.9. The van der Waals surface area contributed by atoms with E-state index in [-0.39, 0.29) is 12.5 Å². The second-order valence-corrected chi connectivity index (χ2v) is 8.13. The van der Waals surface area contributed by atoms with Gasteiger partial charge in [0, 0.05) is 16.3 Å². The van der Waals surface area contributed by atoms with Crippen LogP contribution < -0.4 is 9.75 Å². The topological polar surface area (TPSA) is 60.3 Å². The first-order valence-electron chi connectivity index (χ1n) is 8.56. The summed E-state index contributed by atoms with van der Waals surface area (Å²) in [6.45, 7) is 2.63. The third-order valence-corrected chi connectivity index (χ3v) is 5.63. The van der Waals surface area contributed by atoms with Gasteiger partial charge in [-0.1, -0.05) is 52.7 Å². The van der Waals surface area contributed by atoms with Gasteiger partial charge in [-0.25, -0.2) is 9.69 Å². The number of aryl methyl sites for hydroxylation is 1. The lowest BCUT2D eigenvalue weighted by atomic mass is 10.1. The van der Waals surface area contributed by atoms with Gasteiger partial charge in [-0.2, -0.15) is 0 Å². The van der Waals surface area contributed by atoms with E-state index < -0.39 is 0 Å². The van der Waals surface area contributed by atoms with Crippen molar-refractivity contribution in [2.75, 3.05) is 17.3 Å². The maximum atomic E-state index is 13.1. The number of rotatable bonds is 4. The van der Waals surface area contributed by atoms with Crippen LogP contribution in [0.15, 0.2) is 47.6 Å². The zero-order chi connectivity index (χ0) is 19.7. The van der Waals surface area contributed by atoms with Crippen LogP contribution in [0.2, 0.25) is 10.0 Å². The van der Waals surface area contributed by atoms with Crippen LogP contribution in [0, 0.1) is 6.92 Å². The van der Waals surface area contributed by atoms with Crippen molar-refractivity contribution in [1.82, 2.24) is 14.9 Å². The molecule has 28 heavy (non-hydrogen) atoms. The summed E-state index contributed by atoms with van der Waals surface area (Å²) in [5.41, 5.74) is 1.65. The molecule has 0 radical (unpaired) electrons. The highest BCUT2D eigenvalue weighted by atomic mass is 35.5. The molecule has 0 saturated heterocycles. The number of fused-ring (bicyclic) bond motifs is 1. The SMILES string of the molecule is Cc1cccc(C(=O)N2CCSc3nnc(COc4ccc(Cl)cc4Cl)n32)c1. The van der Waals surface area contributed by atoms with Gasteiger partial charge in [0.25, 0.3) is 5.91 Å². The Morgan fingerprint density at radius 1 is 1.21 bits per heavy atom. The van der Waals surface area contributed by atoms with E-state index in [0.717, 1.165) is 11.3 Å². The fourth-order valence-electron chi connectivity index (χ4n) is 2.90. The van der Waals surface area contributed by atoms with Crippen LogP contribution in [0.4, 0.5) is 0 Å². The molecule has 1 aromatic heterocycles. The molecule has 1 aliphatic rings. The van der Waals surface area contributed by atoms with E-state index in [4.69, 9.17) is 27.9 Å². The van der Waals surface area contributed by atoms with Crippen LogP contribution >= 0.6 is 35.0 Å². The molecule has 4 rings (SSSR count). The Bertz CT molecular complexity index is 1040. The van der Waals surface area contributed by atoms with E-state index in [1.54, 1.807) is 39.6 Å². The average molecular weight is 435 g/mol. The van der Waals surface area contributed by atoms with Gasteiger partial charge in [-0.15, -0.1) is 10.2 Å². The third-order valence-electron chi connectivity index (χ3n) is 4.20. The highest BCUT2D eigenvalue weighted by Gasteiger charge is 2.28. The van der Waals surface area contributed by atoms with E-state index >= 15 is 0 Å². The highest BCUT2D eigenvalue weighted by molar-refractivity contribution is 7.99. The Labute approximate surface area is 176 Å². The molecule has 1 aliphatic heterocycles. The summed E-state index contributed by atoms with van der Waals surface area (Å²) in [7, 11) is 0. The van der Waals surface area contributed by atoms with Crippen LogP contribution in [0.3, 0.4) is 0 Å². The Kier molecular flexibility index (Phi) is 5.48. The lowest BCUT2D eigenvalue weighted by Crippen LogP contribution is -2.45. The summed E-state index contributed by atoms with van der Waals surface area (Å²) in [5, 5.41) is 11.7. The number of benzene rings is 2. The van der Waals surface area contributed by atoms with Gasteiger partial charge >= 0.3 is 0 Å². The Morgan fingerprint density at radius 3 is 2.86 bits per heavy atom. The van der Waals surface area contributed by atoms with Crippen LogP contribution in [-0.2, 0) is 6.61 Å². The molecule has 0 saturated carbocycles. The van der Waals surface area contributed by atoms with E-state index in [9.17, 15) is 4.79 Å². The van der Waals surface area contributed by atoms with Gasteiger partial charge in [0.15, 0.2) is 5.82 Å². The molecule has 6 nitrogen and oxygen atoms in total. The van der Waals surface area contributed by atoms with Crippen molar-refractivity contribution in [2.24, 2.45) is 0 Å². The van der Waals surface area contributed by atoms with Crippen molar-refractivity contribution >= 4 is 40.9 Å². The maximum absolute atomic E-state index is 13.1. The Balaban J connectivity index is 1.60. The first-order chi connectivity index (χ1) is 13.5. The normalized spacial score (nSPS) is 13.3. The summed E-state index contributed by atoms with van der Waals surface area (Å²) in [6.07, 6.45) is 0. The van der Waals surface area contributed by atoms with Gasteiger partial charge in [0.2, 0.25) is 5.16 Å². The number of hydrogen-bond acceptors (Lipinski definition) is 5. The molecule has 0 aliphatic carbocycles. The minimum atomic E-state index is -0.101. The molecule has 3 aromatic rings. The molecule has 144 valence electrons. The predicted molar refractivity (Wildman–Crippen MR) is 110 cm³/mol. The Morgan fingerprint density at radius 2 is 2.07 bits per heavy atom. The van der Waals surface area contributed by atoms with Crippen LogP contribution in [0.1, 0.15) is 21.7 Å². The fraction of sp³-hybridized carbons (Fsp3) is 0.211. The van der Waals surface area contributed by atoms with Crippen molar-refractivity contribution in [1.29, 1.82) is 0 Å². The smallest absolute Gasteiger partial charge is 0.272 e. The van der Waals surface area contributed by atoms with Gasteiger partial charge < -0.3 is 4.74 Å². The lowest BCUT2D eigenvalue weighted by molar-refractivity contribution is 0.0952. The third kappa shape index (κ3) is 3.83. The van der Waals surface area contributed by atoms with Crippen molar-refractivity contribution < 1.29 is 9.53 Å². The molecule has 9 heteroatoms. The summed E-state index contributed by atoms with van der Waals surface area (Å²) in [4.78, 5) is 13.1. The van der Waals surface area contributed by atoms with Crippen molar-refractivity contribution in [3.63, 3.8) is 0 Å². The van der Waals surface area contributed by atoms with Gasteiger partial charge in [-0.3, -0.25) is 4.79 Å². The Hall–Kier alpha value is -2.22. The molecule has 2 heterocycles. The van der Waals surface area contributed by atoms with E-state index in [2.05, 4.69) is 10.2 Å². The monoisotopic (exact) mass is 434 g/mol. The number of thioether (sulfide) groups is 1. The molecule has 0 N–H and O–H groups in total. The molecule has 1 amide bonds. The van der Waals surface area contributed by atoms with E-state index in [0.29, 0.717) is 38.9 Å². The molecule has 0 bridgehead atoms. The highest BCUT2D eigenvalue weighted by Crippen LogP contribution is 2.29. The van der Waals surface area contributed by atoms with Crippen LogP contribution in [0.5, 0.6) is 5.75 Å². The largest absolute Gasteiger partial charge is 0.484 e. The first kappa shape index (κ1) is 19.1. The summed E-state index contributed by atoms with van der Waals surface area (Å²) in [6, 6.07) is 12.5. The van der Waals surface area contributed by atoms with Gasteiger partial charge in [-0.05, 0) is 37.3 Å². The molecule has 0 atom stereocenters. The standard InChI is InChI=1S/C19H16Cl2N4O2S/c1-12-3-2-4-13(9-12)18(26)24-7-8-28-19-23-22-17(25(19)24)11-27-16-6-5-14(20)10-15(16)21/h2-6,9-10H,7-8,11H2,1H3. The molecule has 0 fully saturated rings. The quantitative estimate of drug-likeness (QED) is 0.610. The van der Waals surface area contributed by atoms with Crippen LogP contribution in [0.25, 0.3) is 0 Å². The van der Waals surface area contributed by atoms with Crippen molar-refractivity contribution in [3.05, 3.63) is 69.5 Å². The van der Waals surface area contributed by atoms with Crippen LogP contribution in [-0.4, -0.2) is 33.1 Å². The summed E-state index contributed by atoms with van der Waals surface area (Å²) < 4.78 is 7.52. The van der Waals surface area contributed by atoms with E-state index in [1.165, 1.54) is 0 Å². The average Bonchev–Trinajstić information content (AvgIpc) is 3.10. The second-order valence-electron chi connectivity index (χ2n) is 6.22. The molecular weight excluding hydrogens is 419 g/mol. The van der Waals surface area contributed by atoms with E-state index in [1.807, 2.05) is 31.2 Å². The summed E-state index contributed by atoms with van der Waals surface area (Å²) >= 11 is 13.6. The number of nitrogens with zero attached hydrogens (tertiary/aromatic N) is 4. The number of carbonyl (C=O) groups is 1. The molecule has 2 aromatic carbocycles. The number of halogens is 2. The van der Waals surface area contributed by atoms with Gasteiger partial charge in [0.05, 0.1) is 11.6 Å². The number of amides is 1. The van der Waals surface area contributed by atoms with Crippen molar-refractivity contribution in [3.8, 4) is 5.75 Å². The molecular formula is C19H16Cl2N4O2S. The number of hydrogen-bond donors (Lipinski definition) is 0. The maximum Gasteiger partial charge on any atom is 0.272 e. The number of aromatic nitrogens is 3. The number of ether oxygens (including phenoxy) is 1. The fourth-order valence-corrected chi connectivity index (χ4v) is 4.23. The van der Waals surface area contributed by atoms with Crippen molar-refractivity contribution in [2.45, 2.75) is 18.7 Å². The lowest BCUT2D eigenvalue weighted by Gasteiger charge is -2.29. The number of carbonyl (C=O) groups excluding carboxylic acids is 1. The summed E-state index contributed by atoms with van der Waals surface area (Å²) in [5.74, 6) is 1.66.